The summed E-state index contributed by atoms with van der Waals surface area (Å²) in [4.78, 5) is 12.5. The normalized spacial score (nSPS) is 10.3. The lowest BCUT2D eigenvalue weighted by molar-refractivity contribution is 0.103. The standard InChI is InChI=1S/C17H14N2O2/c1-21-16-10-6-5-9-14(16)17(20)15-11-12-19(18-15)13-7-3-2-4-8-13/h2-12H,1H3. The van der Waals surface area contributed by atoms with Crippen LogP contribution in [0.1, 0.15) is 16.1 Å². The van der Waals surface area contributed by atoms with E-state index in [0.29, 0.717) is 17.0 Å². The van der Waals surface area contributed by atoms with Crippen LogP contribution in [0.4, 0.5) is 0 Å². The van der Waals surface area contributed by atoms with E-state index in [0.717, 1.165) is 5.69 Å². The Morgan fingerprint density at radius 3 is 2.48 bits per heavy atom. The smallest absolute Gasteiger partial charge is 0.216 e. The Hall–Kier alpha value is -2.88. The number of hydrogen-bond donors (Lipinski definition) is 0. The molecule has 3 aromatic rings. The molecule has 0 amide bonds. The van der Waals surface area contributed by atoms with Crippen molar-refractivity contribution in [1.29, 1.82) is 0 Å². The maximum Gasteiger partial charge on any atom is 0.216 e. The van der Waals surface area contributed by atoms with Gasteiger partial charge in [-0.1, -0.05) is 30.3 Å². The van der Waals surface area contributed by atoms with Gasteiger partial charge in [-0.3, -0.25) is 4.79 Å². The van der Waals surface area contributed by atoms with Gasteiger partial charge in [-0.2, -0.15) is 5.10 Å². The molecular weight excluding hydrogens is 264 g/mol. The molecule has 0 aliphatic carbocycles. The van der Waals surface area contributed by atoms with Gasteiger partial charge in [-0.05, 0) is 30.3 Å². The predicted octanol–water partition coefficient (Wildman–Crippen LogP) is 3.11. The van der Waals surface area contributed by atoms with E-state index in [2.05, 4.69) is 5.10 Å². The number of ketones is 1. The van der Waals surface area contributed by atoms with Crippen molar-refractivity contribution in [1.82, 2.24) is 9.78 Å². The predicted molar refractivity (Wildman–Crippen MR) is 80.0 cm³/mol. The second-order valence-corrected chi connectivity index (χ2v) is 4.51. The van der Waals surface area contributed by atoms with E-state index < -0.39 is 0 Å². The minimum Gasteiger partial charge on any atom is -0.496 e. The van der Waals surface area contributed by atoms with Crippen LogP contribution in [0.2, 0.25) is 0 Å². The summed E-state index contributed by atoms with van der Waals surface area (Å²) in [5.74, 6) is 0.402. The Kier molecular flexibility index (Phi) is 3.51. The third kappa shape index (κ3) is 2.56. The fourth-order valence-corrected chi connectivity index (χ4v) is 2.14. The van der Waals surface area contributed by atoms with E-state index in [1.54, 1.807) is 36.2 Å². The van der Waals surface area contributed by atoms with Gasteiger partial charge in [-0.25, -0.2) is 4.68 Å². The van der Waals surface area contributed by atoms with Gasteiger partial charge >= 0.3 is 0 Å². The first-order valence-electron chi connectivity index (χ1n) is 6.58. The molecule has 1 aromatic heterocycles. The van der Waals surface area contributed by atoms with Crippen LogP contribution in [0.3, 0.4) is 0 Å². The van der Waals surface area contributed by atoms with Crippen LogP contribution < -0.4 is 4.74 Å². The van der Waals surface area contributed by atoms with E-state index >= 15 is 0 Å². The van der Waals surface area contributed by atoms with Crippen LogP contribution in [-0.4, -0.2) is 22.7 Å². The van der Waals surface area contributed by atoms with Crippen molar-refractivity contribution in [3.8, 4) is 11.4 Å². The summed E-state index contributed by atoms with van der Waals surface area (Å²) in [5.41, 5.74) is 1.82. The molecule has 0 aliphatic rings. The van der Waals surface area contributed by atoms with E-state index in [4.69, 9.17) is 4.74 Å². The van der Waals surface area contributed by atoms with Crippen molar-refractivity contribution in [2.24, 2.45) is 0 Å². The molecule has 21 heavy (non-hydrogen) atoms. The monoisotopic (exact) mass is 278 g/mol. The van der Waals surface area contributed by atoms with Gasteiger partial charge in [0.2, 0.25) is 5.78 Å². The minimum absolute atomic E-state index is 0.151. The molecule has 0 bridgehead atoms. The second kappa shape index (κ2) is 5.63. The first-order chi connectivity index (χ1) is 10.3. The lowest BCUT2D eigenvalue weighted by Gasteiger charge is -2.05. The number of hydrogen-bond acceptors (Lipinski definition) is 3. The van der Waals surface area contributed by atoms with Gasteiger partial charge < -0.3 is 4.74 Å². The molecule has 0 aliphatic heterocycles. The number of benzene rings is 2. The van der Waals surface area contributed by atoms with Crippen molar-refractivity contribution in [2.75, 3.05) is 7.11 Å². The molecule has 3 rings (SSSR count). The molecule has 0 saturated heterocycles. The molecule has 0 N–H and O–H groups in total. The zero-order valence-corrected chi connectivity index (χ0v) is 11.6. The number of carbonyl (C=O) groups excluding carboxylic acids is 1. The zero-order valence-electron chi connectivity index (χ0n) is 11.6. The summed E-state index contributed by atoms with van der Waals surface area (Å²) < 4.78 is 6.91. The molecular formula is C17H14N2O2. The average molecular weight is 278 g/mol. The topological polar surface area (TPSA) is 44.1 Å². The number of methoxy groups -OCH3 is 1. The van der Waals surface area contributed by atoms with Gasteiger partial charge in [-0.15, -0.1) is 0 Å². The molecule has 4 heteroatoms. The fraction of sp³-hybridized carbons (Fsp3) is 0.0588. The van der Waals surface area contributed by atoms with E-state index in [1.165, 1.54) is 0 Å². The SMILES string of the molecule is COc1ccccc1C(=O)c1ccn(-c2ccccc2)n1. The van der Waals surface area contributed by atoms with E-state index in [1.807, 2.05) is 42.5 Å². The number of carbonyl (C=O) groups is 1. The molecule has 0 saturated carbocycles. The fourth-order valence-electron chi connectivity index (χ4n) is 2.14. The van der Waals surface area contributed by atoms with E-state index in [9.17, 15) is 4.79 Å². The number of aromatic nitrogens is 2. The minimum atomic E-state index is -0.151. The van der Waals surface area contributed by atoms with Crippen molar-refractivity contribution in [3.63, 3.8) is 0 Å². The molecule has 1 heterocycles. The first kappa shape index (κ1) is 13.1. The average Bonchev–Trinajstić information content (AvgIpc) is 3.05. The summed E-state index contributed by atoms with van der Waals surface area (Å²) in [6.45, 7) is 0. The van der Waals surface area contributed by atoms with E-state index in [-0.39, 0.29) is 5.78 Å². The lowest BCUT2D eigenvalue weighted by atomic mass is 10.1. The van der Waals surface area contributed by atoms with Crippen LogP contribution in [0, 0.1) is 0 Å². The molecule has 0 unspecified atom stereocenters. The second-order valence-electron chi connectivity index (χ2n) is 4.51. The lowest BCUT2D eigenvalue weighted by Crippen LogP contribution is -2.06. The van der Waals surface area contributed by atoms with Crippen LogP contribution in [-0.2, 0) is 0 Å². The Labute approximate surface area is 122 Å². The van der Waals surface area contributed by atoms with Gasteiger partial charge in [0.25, 0.3) is 0 Å². The molecule has 0 spiro atoms. The van der Waals surface area contributed by atoms with Gasteiger partial charge in [0.1, 0.15) is 11.4 Å². The van der Waals surface area contributed by atoms with Crippen LogP contribution >= 0.6 is 0 Å². The van der Waals surface area contributed by atoms with Gasteiger partial charge in [0, 0.05) is 6.20 Å². The highest BCUT2D eigenvalue weighted by molar-refractivity contribution is 6.09. The van der Waals surface area contributed by atoms with Crippen LogP contribution in [0.25, 0.3) is 5.69 Å². The van der Waals surface area contributed by atoms with Gasteiger partial charge in [0.05, 0.1) is 18.4 Å². The summed E-state index contributed by atoms with van der Waals surface area (Å²) in [5, 5.41) is 4.34. The van der Waals surface area contributed by atoms with Crippen molar-refractivity contribution < 1.29 is 9.53 Å². The molecule has 0 fully saturated rings. The summed E-state index contributed by atoms with van der Waals surface area (Å²) in [6, 6.07) is 18.5. The molecule has 0 atom stereocenters. The van der Waals surface area contributed by atoms with Crippen LogP contribution in [0.15, 0.2) is 66.9 Å². The third-order valence-corrected chi connectivity index (χ3v) is 3.19. The third-order valence-electron chi connectivity index (χ3n) is 3.19. The van der Waals surface area contributed by atoms with Crippen LogP contribution in [0.5, 0.6) is 5.75 Å². The zero-order chi connectivity index (χ0) is 14.7. The molecule has 104 valence electrons. The highest BCUT2D eigenvalue weighted by atomic mass is 16.5. The molecule has 4 nitrogen and oxygen atoms in total. The number of nitrogens with zero attached hydrogens (tertiary/aromatic N) is 2. The van der Waals surface area contributed by atoms with Crippen molar-refractivity contribution >= 4 is 5.78 Å². The number of ether oxygens (including phenoxy) is 1. The van der Waals surface area contributed by atoms with Gasteiger partial charge in [0.15, 0.2) is 0 Å². The quantitative estimate of drug-likeness (QED) is 0.689. The number of rotatable bonds is 4. The number of para-hydroxylation sites is 2. The maximum atomic E-state index is 12.5. The van der Waals surface area contributed by atoms with Crippen molar-refractivity contribution in [3.05, 3.63) is 78.1 Å². The summed E-state index contributed by atoms with van der Waals surface area (Å²) in [6.07, 6.45) is 1.78. The Bertz CT molecular complexity index is 763. The molecule has 0 radical (unpaired) electrons. The van der Waals surface area contributed by atoms with Crippen molar-refractivity contribution in [2.45, 2.75) is 0 Å². The Morgan fingerprint density at radius 1 is 1.00 bits per heavy atom. The summed E-state index contributed by atoms with van der Waals surface area (Å²) >= 11 is 0. The Morgan fingerprint density at radius 2 is 1.71 bits per heavy atom. The largest absolute Gasteiger partial charge is 0.496 e. The summed E-state index contributed by atoms with van der Waals surface area (Å²) in [7, 11) is 1.55. The highest BCUT2D eigenvalue weighted by Gasteiger charge is 2.16. The molecule has 2 aromatic carbocycles. The first-order valence-corrected chi connectivity index (χ1v) is 6.58. The highest BCUT2D eigenvalue weighted by Crippen LogP contribution is 2.20. The Balaban J connectivity index is 1.95. The maximum absolute atomic E-state index is 12.5.